The molecule has 1 N–H and O–H groups in total. The third-order valence-corrected chi connectivity index (χ3v) is 2.42. The summed E-state index contributed by atoms with van der Waals surface area (Å²) >= 11 is 0. The summed E-state index contributed by atoms with van der Waals surface area (Å²) < 4.78 is 0. The molecular weight excluding hydrogens is 135 g/mol. The Morgan fingerprint density at radius 2 is 1.80 bits per heavy atom. The van der Waals surface area contributed by atoms with Crippen molar-refractivity contribution in [3.8, 4) is 0 Å². The SMILES string of the molecule is CC1CCC(C)C(O)C1.[NaH]. The average molecular weight is 152 g/mol. The third kappa shape index (κ3) is 2.91. The molecule has 3 atom stereocenters. The molecule has 1 aliphatic carbocycles. The molecule has 0 saturated heterocycles. The molecular formula is C8H17NaO. The Hall–Kier alpha value is 0.960. The van der Waals surface area contributed by atoms with Crippen LogP contribution >= 0.6 is 0 Å². The van der Waals surface area contributed by atoms with Gasteiger partial charge in [-0.05, 0) is 24.7 Å². The summed E-state index contributed by atoms with van der Waals surface area (Å²) in [4.78, 5) is 0. The van der Waals surface area contributed by atoms with Crippen LogP contribution in [-0.4, -0.2) is 40.8 Å². The molecule has 2 heteroatoms. The normalized spacial score (nSPS) is 40.5. The van der Waals surface area contributed by atoms with E-state index in [0.717, 1.165) is 12.3 Å². The van der Waals surface area contributed by atoms with Gasteiger partial charge < -0.3 is 5.11 Å². The summed E-state index contributed by atoms with van der Waals surface area (Å²) in [5.74, 6) is 1.29. The van der Waals surface area contributed by atoms with Gasteiger partial charge in [0.15, 0.2) is 0 Å². The van der Waals surface area contributed by atoms with Crippen LogP contribution < -0.4 is 0 Å². The maximum atomic E-state index is 9.35. The summed E-state index contributed by atoms with van der Waals surface area (Å²) in [6, 6.07) is 0. The minimum atomic E-state index is -0.0197. The first kappa shape index (κ1) is 11.0. The van der Waals surface area contributed by atoms with Gasteiger partial charge in [0.1, 0.15) is 0 Å². The zero-order chi connectivity index (χ0) is 6.85. The Morgan fingerprint density at radius 3 is 2.20 bits per heavy atom. The molecule has 1 aliphatic rings. The zero-order valence-corrected chi connectivity index (χ0v) is 6.30. The number of hydrogen-bond acceptors (Lipinski definition) is 1. The summed E-state index contributed by atoms with van der Waals surface area (Å²) in [7, 11) is 0. The van der Waals surface area contributed by atoms with Gasteiger partial charge in [-0.15, -0.1) is 0 Å². The van der Waals surface area contributed by atoms with E-state index in [-0.39, 0.29) is 35.7 Å². The molecule has 0 aromatic heterocycles. The first-order valence-electron chi connectivity index (χ1n) is 3.88. The Bertz CT molecular complexity index is 95.3. The van der Waals surface area contributed by atoms with Crippen molar-refractivity contribution in [3.63, 3.8) is 0 Å². The summed E-state index contributed by atoms with van der Waals surface area (Å²) in [5, 5.41) is 9.35. The molecule has 0 amide bonds. The van der Waals surface area contributed by atoms with Crippen LogP contribution in [0.15, 0.2) is 0 Å². The number of rotatable bonds is 0. The second-order valence-corrected chi connectivity index (χ2v) is 3.46. The second kappa shape index (κ2) is 4.76. The molecule has 0 bridgehead atoms. The van der Waals surface area contributed by atoms with Crippen molar-refractivity contribution in [1.29, 1.82) is 0 Å². The molecule has 0 aromatic carbocycles. The van der Waals surface area contributed by atoms with Crippen molar-refractivity contribution in [3.05, 3.63) is 0 Å². The van der Waals surface area contributed by atoms with Gasteiger partial charge >= 0.3 is 29.6 Å². The van der Waals surface area contributed by atoms with E-state index in [1.165, 1.54) is 12.8 Å². The molecule has 0 heterocycles. The first-order chi connectivity index (χ1) is 4.20. The fraction of sp³-hybridized carbons (Fsp3) is 1.00. The van der Waals surface area contributed by atoms with Crippen LogP contribution in [0.1, 0.15) is 33.1 Å². The molecule has 10 heavy (non-hydrogen) atoms. The topological polar surface area (TPSA) is 20.2 Å². The van der Waals surface area contributed by atoms with Gasteiger partial charge in [0.05, 0.1) is 6.10 Å². The fourth-order valence-corrected chi connectivity index (χ4v) is 1.50. The van der Waals surface area contributed by atoms with Crippen molar-refractivity contribution >= 4 is 29.6 Å². The van der Waals surface area contributed by atoms with Crippen molar-refractivity contribution in [2.75, 3.05) is 0 Å². The van der Waals surface area contributed by atoms with Crippen LogP contribution in [0.3, 0.4) is 0 Å². The van der Waals surface area contributed by atoms with E-state index < -0.39 is 0 Å². The molecule has 56 valence electrons. The van der Waals surface area contributed by atoms with Gasteiger partial charge in [0.25, 0.3) is 0 Å². The van der Waals surface area contributed by atoms with Gasteiger partial charge in [-0.2, -0.15) is 0 Å². The van der Waals surface area contributed by atoms with E-state index in [0.29, 0.717) is 5.92 Å². The quantitative estimate of drug-likeness (QED) is 0.516. The van der Waals surface area contributed by atoms with E-state index in [1.807, 2.05) is 0 Å². The van der Waals surface area contributed by atoms with E-state index in [2.05, 4.69) is 13.8 Å². The predicted molar refractivity (Wildman–Crippen MR) is 45.3 cm³/mol. The molecule has 1 rings (SSSR count). The van der Waals surface area contributed by atoms with Crippen LogP contribution in [0.5, 0.6) is 0 Å². The fourth-order valence-electron chi connectivity index (χ4n) is 1.50. The Labute approximate surface area is 85.5 Å². The monoisotopic (exact) mass is 152 g/mol. The van der Waals surface area contributed by atoms with Crippen molar-refractivity contribution < 1.29 is 5.11 Å². The molecule has 3 unspecified atom stereocenters. The number of aliphatic hydroxyl groups excluding tert-OH is 1. The molecule has 0 aliphatic heterocycles. The molecule has 1 fully saturated rings. The maximum absolute atomic E-state index is 9.35. The second-order valence-electron chi connectivity index (χ2n) is 3.46. The summed E-state index contributed by atoms with van der Waals surface area (Å²) in [5.41, 5.74) is 0. The molecule has 0 radical (unpaired) electrons. The predicted octanol–water partition coefficient (Wildman–Crippen LogP) is 1.15. The first-order valence-corrected chi connectivity index (χ1v) is 3.88. The van der Waals surface area contributed by atoms with E-state index in [9.17, 15) is 5.11 Å². The zero-order valence-electron chi connectivity index (χ0n) is 6.30. The number of aliphatic hydroxyl groups is 1. The Morgan fingerprint density at radius 1 is 1.20 bits per heavy atom. The Kier molecular flexibility index (Phi) is 5.22. The van der Waals surface area contributed by atoms with Crippen LogP contribution in [-0.2, 0) is 0 Å². The van der Waals surface area contributed by atoms with E-state index in [1.54, 1.807) is 0 Å². The minimum absolute atomic E-state index is 0. The van der Waals surface area contributed by atoms with Gasteiger partial charge in [-0.3, -0.25) is 0 Å². The summed E-state index contributed by atoms with van der Waals surface area (Å²) in [6.07, 6.45) is 3.51. The van der Waals surface area contributed by atoms with Crippen molar-refractivity contribution in [1.82, 2.24) is 0 Å². The van der Waals surface area contributed by atoms with Crippen LogP contribution in [0, 0.1) is 11.8 Å². The molecule has 1 nitrogen and oxygen atoms in total. The van der Waals surface area contributed by atoms with Gasteiger partial charge in [0.2, 0.25) is 0 Å². The number of hydrogen-bond donors (Lipinski definition) is 1. The van der Waals surface area contributed by atoms with Gasteiger partial charge in [-0.1, -0.05) is 20.3 Å². The van der Waals surface area contributed by atoms with Crippen molar-refractivity contribution in [2.24, 2.45) is 11.8 Å². The van der Waals surface area contributed by atoms with Gasteiger partial charge in [-0.25, -0.2) is 0 Å². The standard InChI is InChI=1S/C8H16O.Na.H/c1-6-3-4-7(2)8(9)5-6;;/h6-9H,3-5H2,1-2H3;;. The van der Waals surface area contributed by atoms with Gasteiger partial charge in [0, 0.05) is 0 Å². The van der Waals surface area contributed by atoms with Crippen molar-refractivity contribution in [2.45, 2.75) is 39.2 Å². The van der Waals surface area contributed by atoms with Crippen LogP contribution in [0.4, 0.5) is 0 Å². The average Bonchev–Trinajstić information content (AvgIpc) is 1.80. The third-order valence-electron chi connectivity index (χ3n) is 2.42. The van der Waals surface area contributed by atoms with E-state index in [4.69, 9.17) is 0 Å². The van der Waals surface area contributed by atoms with Crippen LogP contribution in [0.2, 0.25) is 0 Å². The van der Waals surface area contributed by atoms with E-state index >= 15 is 0 Å². The Balaban J connectivity index is 0.000000810. The molecule has 0 aromatic rings. The van der Waals surface area contributed by atoms with Crippen LogP contribution in [0.25, 0.3) is 0 Å². The summed E-state index contributed by atoms with van der Waals surface area (Å²) in [6.45, 7) is 4.35. The molecule has 1 saturated carbocycles. The molecule has 0 spiro atoms.